The van der Waals surface area contributed by atoms with Gasteiger partial charge in [-0.1, -0.05) is 71.8 Å². The SMILES string of the molecule is O=C1S/C(=C\C=C\c2ccccc2Cl)C(=O)N1Cc1ccccc1Cl. The largest absolute Gasteiger partial charge is 0.293 e. The summed E-state index contributed by atoms with van der Waals surface area (Å²) in [6.07, 6.45) is 5.14. The van der Waals surface area contributed by atoms with Crippen molar-refractivity contribution < 1.29 is 9.59 Å². The van der Waals surface area contributed by atoms with E-state index < -0.39 is 0 Å². The molecule has 25 heavy (non-hydrogen) atoms. The molecule has 0 radical (unpaired) electrons. The summed E-state index contributed by atoms with van der Waals surface area (Å²) in [6.45, 7) is 0.163. The minimum absolute atomic E-state index is 0.163. The third-order valence-electron chi connectivity index (χ3n) is 3.59. The van der Waals surface area contributed by atoms with Crippen LogP contribution in [0.4, 0.5) is 4.79 Å². The number of benzene rings is 2. The summed E-state index contributed by atoms with van der Waals surface area (Å²) in [4.78, 5) is 26.2. The first kappa shape index (κ1) is 17.8. The number of imide groups is 1. The Morgan fingerprint density at radius 1 is 0.960 bits per heavy atom. The number of carbonyl (C=O) groups is 2. The lowest BCUT2D eigenvalue weighted by Gasteiger charge is -2.13. The van der Waals surface area contributed by atoms with Crippen LogP contribution >= 0.6 is 35.0 Å². The van der Waals surface area contributed by atoms with Gasteiger partial charge >= 0.3 is 0 Å². The average Bonchev–Trinajstić information content (AvgIpc) is 2.86. The van der Waals surface area contributed by atoms with E-state index in [0.29, 0.717) is 15.0 Å². The molecule has 1 heterocycles. The van der Waals surface area contributed by atoms with Crippen LogP contribution in [0.5, 0.6) is 0 Å². The Bertz CT molecular complexity index is 892. The third kappa shape index (κ3) is 4.15. The Kier molecular flexibility index (Phi) is 5.63. The molecule has 126 valence electrons. The molecule has 0 N–H and O–H groups in total. The van der Waals surface area contributed by atoms with E-state index in [4.69, 9.17) is 23.2 Å². The van der Waals surface area contributed by atoms with Gasteiger partial charge in [0, 0.05) is 10.0 Å². The molecule has 1 fully saturated rings. The van der Waals surface area contributed by atoms with Gasteiger partial charge in [-0.3, -0.25) is 14.5 Å². The summed E-state index contributed by atoms with van der Waals surface area (Å²) in [5.41, 5.74) is 1.58. The van der Waals surface area contributed by atoms with Crippen molar-refractivity contribution in [3.63, 3.8) is 0 Å². The topological polar surface area (TPSA) is 37.4 Å². The molecule has 0 unspecified atom stereocenters. The zero-order valence-electron chi connectivity index (χ0n) is 13.0. The highest BCUT2D eigenvalue weighted by molar-refractivity contribution is 8.18. The van der Waals surface area contributed by atoms with Crippen LogP contribution in [0.2, 0.25) is 10.0 Å². The fourth-order valence-electron chi connectivity index (χ4n) is 2.30. The smallest absolute Gasteiger partial charge is 0.268 e. The highest BCUT2D eigenvalue weighted by atomic mass is 35.5. The van der Waals surface area contributed by atoms with Gasteiger partial charge in [-0.15, -0.1) is 0 Å². The van der Waals surface area contributed by atoms with Crippen molar-refractivity contribution in [2.75, 3.05) is 0 Å². The zero-order chi connectivity index (χ0) is 17.8. The summed E-state index contributed by atoms with van der Waals surface area (Å²) in [7, 11) is 0. The second-order valence-corrected chi connectivity index (χ2v) is 7.07. The summed E-state index contributed by atoms with van der Waals surface area (Å²) in [5, 5.41) is 0.852. The number of carbonyl (C=O) groups excluding carboxylic acids is 2. The number of allylic oxidation sites excluding steroid dienone is 2. The summed E-state index contributed by atoms with van der Waals surface area (Å²) in [6, 6.07) is 14.5. The van der Waals surface area contributed by atoms with Crippen LogP contribution in [-0.2, 0) is 11.3 Å². The molecule has 1 saturated heterocycles. The van der Waals surface area contributed by atoms with E-state index in [1.165, 1.54) is 4.90 Å². The Morgan fingerprint density at radius 2 is 1.64 bits per heavy atom. The molecule has 2 amide bonds. The number of hydrogen-bond donors (Lipinski definition) is 0. The van der Waals surface area contributed by atoms with E-state index in [-0.39, 0.29) is 17.7 Å². The highest BCUT2D eigenvalue weighted by Crippen LogP contribution is 2.32. The lowest BCUT2D eigenvalue weighted by molar-refractivity contribution is -0.123. The quantitative estimate of drug-likeness (QED) is 0.621. The lowest BCUT2D eigenvalue weighted by atomic mass is 10.2. The minimum atomic E-state index is -0.321. The molecule has 0 spiro atoms. The van der Waals surface area contributed by atoms with Crippen molar-refractivity contribution in [3.05, 3.63) is 86.8 Å². The molecular weight excluding hydrogens is 377 g/mol. The maximum absolute atomic E-state index is 12.5. The van der Waals surface area contributed by atoms with Crippen LogP contribution in [0.25, 0.3) is 6.08 Å². The van der Waals surface area contributed by atoms with Crippen molar-refractivity contribution in [2.24, 2.45) is 0 Å². The predicted octanol–water partition coefficient (Wildman–Crippen LogP) is 5.79. The molecule has 0 saturated carbocycles. The van der Waals surface area contributed by atoms with Gasteiger partial charge in [0.15, 0.2) is 0 Å². The van der Waals surface area contributed by atoms with Gasteiger partial charge in [0.05, 0.1) is 11.4 Å². The monoisotopic (exact) mass is 389 g/mol. The van der Waals surface area contributed by atoms with Crippen molar-refractivity contribution >= 4 is 52.2 Å². The van der Waals surface area contributed by atoms with Crippen LogP contribution in [0.3, 0.4) is 0 Å². The van der Waals surface area contributed by atoms with E-state index in [1.54, 1.807) is 42.5 Å². The second-order valence-electron chi connectivity index (χ2n) is 5.26. The van der Waals surface area contributed by atoms with Gasteiger partial charge in [0.25, 0.3) is 11.1 Å². The van der Waals surface area contributed by atoms with Gasteiger partial charge in [-0.25, -0.2) is 0 Å². The summed E-state index contributed by atoms with van der Waals surface area (Å²) >= 11 is 13.1. The minimum Gasteiger partial charge on any atom is -0.268 e. The van der Waals surface area contributed by atoms with Crippen LogP contribution < -0.4 is 0 Å². The van der Waals surface area contributed by atoms with Crippen LogP contribution in [0, 0.1) is 0 Å². The van der Waals surface area contributed by atoms with Crippen molar-refractivity contribution in [1.82, 2.24) is 4.90 Å². The first-order valence-corrected chi connectivity index (χ1v) is 9.03. The lowest BCUT2D eigenvalue weighted by Crippen LogP contribution is -2.27. The Balaban J connectivity index is 1.75. The number of nitrogens with zero attached hydrogens (tertiary/aromatic N) is 1. The normalized spacial score (nSPS) is 16.4. The number of thioether (sulfide) groups is 1. The molecular formula is C19H13Cl2NO2S. The molecule has 2 aromatic rings. The van der Waals surface area contributed by atoms with E-state index in [2.05, 4.69) is 0 Å². The molecule has 0 aromatic heterocycles. The molecule has 0 atom stereocenters. The predicted molar refractivity (Wildman–Crippen MR) is 104 cm³/mol. The molecule has 1 aliphatic heterocycles. The van der Waals surface area contributed by atoms with E-state index in [9.17, 15) is 9.59 Å². The van der Waals surface area contributed by atoms with E-state index in [0.717, 1.165) is 22.9 Å². The van der Waals surface area contributed by atoms with E-state index in [1.807, 2.05) is 24.3 Å². The number of hydrogen-bond acceptors (Lipinski definition) is 3. The van der Waals surface area contributed by atoms with Crippen molar-refractivity contribution in [1.29, 1.82) is 0 Å². The summed E-state index contributed by atoms with van der Waals surface area (Å²) in [5.74, 6) is -0.321. The molecule has 2 aromatic carbocycles. The standard InChI is InChI=1S/C19H13Cl2NO2S/c20-15-9-3-1-6-13(15)8-5-11-17-18(23)22(19(24)25-17)12-14-7-2-4-10-16(14)21/h1-11H,12H2/b8-5+,17-11-. The van der Waals surface area contributed by atoms with Crippen LogP contribution in [0.1, 0.15) is 11.1 Å². The van der Waals surface area contributed by atoms with Gasteiger partial charge in [-0.05, 0) is 41.1 Å². The first-order valence-electron chi connectivity index (χ1n) is 7.46. The summed E-state index contributed by atoms with van der Waals surface area (Å²) < 4.78 is 0. The van der Waals surface area contributed by atoms with Crippen molar-refractivity contribution in [2.45, 2.75) is 6.54 Å². The molecule has 0 bridgehead atoms. The first-order chi connectivity index (χ1) is 12.1. The average molecular weight is 390 g/mol. The zero-order valence-corrected chi connectivity index (χ0v) is 15.3. The van der Waals surface area contributed by atoms with E-state index >= 15 is 0 Å². The van der Waals surface area contributed by atoms with Gasteiger partial charge in [0.2, 0.25) is 0 Å². The maximum atomic E-state index is 12.5. The van der Waals surface area contributed by atoms with Gasteiger partial charge in [0.1, 0.15) is 0 Å². The molecule has 6 heteroatoms. The Labute approximate surface area is 159 Å². The molecule has 0 aliphatic carbocycles. The number of rotatable bonds is 4. The van der Waals surface area contributed by atoms with Gasteiger partial charge in [-0.2, -0.15) is 0 Å². The second kappa shape index (κ2) is 7.91. The van der Waals surface area contributed by atoms with Crippen LogP contribution in [0.15, 0.2) is 65.6 Å². The maximum Gasteiger partial charge on any atom is 0.293 e. The third-order valence-corrected chi connectivity index (χ3v) is 5.23. The number of halogens is 2. The van der Waals surface area contributed by atoms with Crippen LogP contribution in [-0.4, -0.2) is 16.0 Å². The molecule has 3 nitrogen and oxygen atoms in total. The van der Waals surface area contributed by atoms with Gasteiger partial charge < -0.3 is 0 Å². The number of amides is 2. The molecule has 3 rings (SSSR count). The highest BCUT2D eigenvalue weighted by Gasteiger charge is 2.34. The van der Waals surface area contributed by atoms with Crippen molar-refractivity contribution in [3.8, 4) is 0 Å². The Morgan fingerprint density at radius 3 is 2.36 bits per heavy atom. The molecule has 1 aliphatic rings. The fourth-order valence-corrected chi connectivity index (χ4v) is 3.48. The Hall–Kier alpha value is -2.01. The fraction of sp³-hybridized carbons (Fsp3) is 0.0526.